The molecular weight excluding hydrogens is 825 g/mol. The third-order valence-corrected chi connectivity index (χ3v) is 14.0. The van der Waals surface area contributed by atoms with Crippen LogP contribution in [0.1, 0.15) is 341 Å². The van der Waals surface area contributed by atoms with Crippen LogP contribution in [0, 0.1) is 0 Å². The molecular formula is C62H118O5. The second-order valence-corrected chi connectivity index (χ2v) is 20.8. The minimum Gasteiger partial charge on any atom is -0.462 e. The molecule has 396 valence electrons. The number of ether oxygens (including phenoxy) is 2. The van der Waals surface area contributed by atoms with E-state index in [1.54, 1.807) is 0 Å². The van der Waals surface area contributed by atoms with E-state index in [0.29, 0.717) is 12.8 Å². The van der Waals surface area contributed by atoms with Crippen LogP contribution in [-0.4, -0.2) is 36.4 Å². The van der Waals surface area contributed by atoms with Crippen molar-refractivity contribution in [2.75, 3.05) is 13.2 Å². The molecule has 0 aliphatic heterocycles. The van der Waals surface area contributed by atoms with Crippen molar-refractivity contribution in [3.05, 3.63) is 24.3 Å². The van der Waals surface area contributed by atoms with Crippen molar-refractivity contribution in [1.82, 2.24) is 0 Å². The Morgan fingerprint density at radius 2 is 0.597 bits per heavy atom. The number of allylic oxidation sites excluding steroid dienone is 4. The minimum atomic E-state index is -0.776. The van der Waals surface area contributed by atoms with Crippen molar-refractivity contribution in [3.8, 4) is 0 Å². The quantitative estimate of drug-likeness (QED) is 0.0374. The first-order valence-electron chi connectivity index (χ1n) is 30.4. The number of unbranched alkanes of at least 4 members (excludes halogenated alkanes) is 45. The summed E-state index contributed by atoms with van der Waals surface area (Å²) >= 11 is 0. The average molecular weight is 944 g/mol. The predicted octanol–water partition coefficient (Wildman–Crippen LogP) is 20.5. The molecule has 1 unspecified atom stereocenters. The number of aliphatic hydroxyl groups is 1. The van der Waals surface area contributed by atoms with E-state index in [1.807, 2.05) is 0 Å². The third kappa shape index (κ3) is 56.9. The summed E-state index contributed by atoms with van der Waals surface area (Å²) in [4.78, 5) is 24.5. The Morgan fingerprint density at radius 1 is 0.343 bits per heavy atom. The number of rotatable bonds is 57. The zero-order chi connectivity index (χ0) is 48.5. The summed E-state index contributed by atoms with van der Waals surface area (Å²) in [5, 5.41) is 9.63. The van der Waals surface area contributed by atoms with E-state index < -0.39 is 6.10 Å². The number of carbonyl (C=O) groups is 2. The molecule has 5 heteroatoms. The van der Waals surface area contributed by atoms with Crippen molar-refractivity contribution in [2.45, 2.75) is 347 Å². The lowest BCUT2D eigenvalue weighted by atomic mass is 10.0. The molecule has 0 saturated carbocycles. The third-order valence-electron chi connectivity index (χ3n) is 14.0. The van der Waals surface area contributed by atoms with Crippen molar-refractivity contribution < 1.29 is 24.2 Å². The van der Waals surface area contributed by atoms with E-state index in [2.05, 4.69) is 38.2 Å². The Bertz CT molecular complexity index is 1020. The SMILES string of the molecule is CCCCC/C=C\C/C=C\CCCCCCCC(=O)OC(CO)COC(=O)CCCCCCCCCCCCCCCCCCCCCCCCCCCCCCCCCCCCCCCC. The molecule has 0 fully saturated rings. The maximum absolute atomic E-state index is 12.2. The highest BCUT2D eigenvalue weighted by molar-refractivity contribution is 5.70. The molecule has 1 atom stereocenters. The Hall–Kier alpha value is -1.62. The van der Waals surface area contributed by atoms with Crippen LogP contribution in [0.25, 0.3) is 0 Å². The summed E-state index contributed by atoms with van der Waals surface area (Å²) in [7, 11) is 0. The van der Waals surface area contributed by atoms with Crippen LogP contribution in [0.4, 0.5) is 0 Å². The topological polar surface area (TPSA) is 72.8 Å². The van der Waals surface area contributed by atoms with Crippen LogP contribution >= 0.6 is 0 Å². The lowest BCUT2D eigenvalue weighted by molar-refractivity contribution is -0.161. The summed E-state index contributed by atoms with van der Waals surface area (Å²) in [6.07, 6.45) is 74.8. The first kappa shape index (κ1) is 65.4. The number of hydrogen-bond acceptors (Lipinski definition) is 5. The van der Waals surface area contributed by atoms with E-state index in [4.69, 9.17) is 9.47 Å². The van der Waals surface area contributed by atoms with Crippen LogP contribution in [-0.2, 0) is 19.1 Å². The summed E-state index contributed by atoms with van der Waals surface area (Å²) in [6, 6.07) is 0. The van der Waals surface area contributed by atoms with Crippen LogP contribution in [0.5, 0.6) is 0 Å². The molecule has 0 aliphatic carbocycles. The van der Waals surface area contributed by atoms with Gasteiger partial charge in [0.2, 0.25) is 0 Å². The van der Waals surface area contributed by atoms with Gasteiger partial charge in [-0.15, -0.1) is 0 Å². The Kier molecular flexibility index (Phi) is 57.3. The molecule has 5 nitrogen and oxygen atoms in total. The van der Waals surface area contributed by atoms with Gasteiger partial charge in [0, 0.05) is 12.8 Å². The van der Waals surface area contributed by atoms with Gasteiger partial charge in [0.1, 0.15) is 6.61 Å². The molecule has 0 radical (unpaired) electrons. The van der Waals surface area contributed by atoms with E-state index >= 15 is 0 Å². The first-order valence-corrected chi connectivity index (χ1v) is 30.4. The zero-order valence-electron chi connectivity index (χ0n) is 45.4. The highest BCUT2D eigenvalue weighted by Crippen LogP contribution is 2.18. The molecule has 0 spiro atoms. The van der Waals surface area contributed by atoms with Gasteiger partial charge in [0.25, 0.3) is 0 Å². The van der Waals surface area contributed by atoms with E-state index in [-0.39, 0.29) is 25.2 Å². The number of esters is 2. The highest BCUT2D eigenvalue weighted by atomic mass is 16.6. The molecule has 0 rings (SSSR count). The largest absolute Gasteiger partial charge is 0.462 e. The van der Waals surface area contributed by atoms with Crippen molar-refractivity contribution >= 4 is 11.9 Å². The lowest BCUT2D eigenvalue weighted by Crippen LogP contribution is -2.28. The second-order valence-electron chi connectivity index (χ2n) is 20.8. The van der Waals surface area contributed by atoms with Crippen LogP contribution in [0.15, 0.2) is 24.3 Å². The fourth-order valence-electron chi connectivity index (χ4n) is 9.41. The van der Waals surface area contributed by atoms with Gasteiger partial charge in [0.15, 0.2) is 6.10 Å². The van der Waals surface area contributed by atoms with Crippen molar-refractivity contribution in [2.24, 2.45) is 0 Å². The number of carbonyl (C=O) groups excluding carboxylic acids is 2. The summed E-state index contributed by atoms with van der Waals surface area (Å²) in [5.74, 6) is -0.590. The van der Waals surface area contributed by atoms with Gasteiger partial charge >= 0.3 is 11.9 Å². The molecule has 0 bridgehead atoms. The molecule has 0 aliphatic rings. The first-order chi connectivity index (χ1) is 33.1. The average Bonchev–Trinajstić information content (AvgIpc) is 3.33. The molecule has 0 aromatic heterocycles. The van der Waals surface area contributed by atoms with Crippen LogP contribution < -0.4 is 0 Å². The van der Waals surface area contributed by atoms with Gasteiger partial charge in [0.05, 0.1) is 6.61 Å². The smallest absolute Gasteiger partial charge is 0.306 e. The molecule has 0 saturated heterocycles. The second kappa shape index (κ2) is 58.7. The summed E-state index contributed by atoms with van der Waals surface area (Å²) in [5.41, 5.74) is 0. The molecule has 0 aromatic rings. The predicted molar refractivity (Wildman–Crippen MR) is 293 cm³/mol. The molecule has 1 N–H and O–H groups in total. The minimum absolute atomic E-state index is 0.0665. The summed E-state index contributed by atoms with van der Waals surface area (Å²) in [6.45, 7) is 4.15. The van der Waals surface area contributed by atoms with Crippen molar-refractivity contribution in [3.63, 3.8) is 0 Å². The molecule has 0 amide bonds. The summed E-state index contributed by atoms with van der Waals surface area (Å²) < 4.78 is 10.7. The normalized spacial score (nSPS) is 12.2. The number of hydrogen-bond donors (Lipinski definition) is 1. The van der Waals surface area contributed by atoms with E-state index in [1.165, 1.54) is 263 Å². The maximum Gasteiger partial charge on any atom is 0.306 e. The van der Waals surface area contributed by atoms with Crippen LogP contribution in [0.2, 0.25) is 0 Å². The van der Waals surface area contributed by atoms with Gasteiger partial charge in [-0.05, 0) is 44.9 Å². The van der Waals surface area contributed by atoms with Gasteiger partial charge in [-0.3, -0.25) is 9.59 Å². The van der Waals surface area contributed by atoms with E-state index in [9.17, 15) is 14.7 Å². The molecule has 67 heavy (non-hydrogen) atoms. The standard InChI is InChI=1S/C62H118O5/c1-3-5-7-9-11-13-15-17-19-20-21-22-23-24-25-26-27-28-29-30-31-32-33-34-35-36-37-38-39-40-41-43-44-46-48-50-52-54-56-61(64)66-59-60(58-63)67-62(65)57-55-53-51-49-47-45-42-18-16-14-12-10-8-6-4-2/h12,14,18,42,60,63H,3-11,13,15-17,19-41,43-59H2,1-2H3/b14-12-,42-18-. The van der Waals surface area contributed by atoms with Gasteiger partial charge in [-0.25, -0.2) is 0 Å². The Morgan fingerprint density at radius 3 is 0.910 bits per heavy atom. The van der Waals surface area contributed by atoms with Crippen LogP contribution in [0.3, 0.4) is 0 Å². The van der Waals surface area contributed by atoms with Gasteiger partial charge in [-0.2, -0.15) is 0 Å². The maximum atomic E-state index is 12.2. The molecule has 0 aromatic carbocycles. The lowest BCUT2D eigenvalue weighted by Gasteiger charge is -2.15. The Balaban J connectivity index is 3.34. The fourth-order valence-corrected chi connectivity index (χ4v) is 9.41. The van der Waals surface area contributed by atoms with Gasteiger partial charge in [-0.1, -0.05) is 308 Å². The zero-order valence-corrected chi connectivity index (χ0v) is 45.4. The van der Waals surface area contributed by atoms with Gasteiger partial charge < -0.3 is 14.6 Å². The highest BCUT2D eigenvalue weighted by Gasteiger charge is 2.16. The monoisotopic (exact) mass is 943 g/mol. The van der Waals surface area contributed by atoms with Crippen molar-refractivity contribution in [1.29, 1.82) is 0 Å². The fraction of sp³-hybridized carbons (Fsp3) is 0.903. The number of aliphatic hydroxyl groups excluding tert-OH is 1. The van der Waals surface area contributed by atoms with E-state index in [0.717, 1.165) is 51.4 Å². The molecule has 0 heterocycles. The Labute approximate surface area is 419 Å².